The number of rotatable bonds is 3. The van der Waals surface area contributed by atoms with Gasteiger partial charge in [0.2, 0.25) is 0 Å². The first-order chi connectivity index (χ1) is 5.33. The molecule has 1 heterocycles. The number of nitrogen functional groups attached to an aromatic ring is 1. The summed E-state index contributed by atoms with van der Waals surface area (Å²) in [5.41, 5.74) is 5.99. The first kappa shape index (κ1) is 8.07. The molecule has 58 valence electrons. The standard InChI is InChI=1S/C7H9N3S/c1-2-3-11-7-9-4-6(8)5-10-7/h2,4-5H,1,3,8H2. The maximum absolute atomic E-state index is 5.40. The van der Waals surface area contributed by atoms with Crippen molar-refractivity contribution in [2.45, 2.75) is 5.16 Å². The molecule has 1 aromatic rings. The van der Waals surface area contributed by atoms with Crippen LogP contribution in [0.3, 0.4) is 0 Å². The number of aromatic nitrogens is 2. The molecule has 0 unspecified atom stereocenters. The van der Waals surface area contributed by atoms with Crippen molar-refractivity contribution in [1.82, 2.24) is 9.97 Å². The molecule has 0 radical (unpaired) electrons. The Morgan fingerprint density at radius 1 is 1.55 bits per heavy atom. The molecule has 0 aliphatic carbocycles. The zero-order valence-electron chi connectivity index (χ0n) is 6.03. The minimum atomic E-state index is 0.591. The highest BCUT2D eigenvalue weighted by molar-refractivity contribution is 7.99. The second kappa shape index (κ2) is 3.98. The van der Waals surface area contributed by atoms with Crippen molar-refractivity contribution in [1.29, 1.82) is 0 Å². The van der Waals surface area contributed by atoms with E-state index in [1.165, 1.54) is 11.8 Å². The summed E-state index contributed by atoms with van der Waals surface area (Å²) in [6, 6.07) is 0. The van der Waals surface area contributed by atoms with Crippen molar-refractivity contribution in [3.05, 3.63) is 25.0 Å². The summed E-state index contributed by atoms with van der Waals surface area (Å²) < 4.78 is 0. The largest absolute Gasteiger partial charge is 0.396 e. The minimum Gasteiger partial charge on any atom is -0.396 e. The molecule has 0 aliphatic rings. The van der Waals surface area contributed by atoms with Gasteiger partial charge in [-0.05, 0) is 0 Å². The van der Waals surface area contributed by atoms with Crippen molar-refractivity contribution < 1.29 is 0 Å². The Bertz CT molecular complexity index is 232. The molecule has 2 N–H and O–H groups in total. The van der Waals surface area contributed by atoms with E-state index in [4.69, 9.17) is 5.73 Å². The normalized spacial score (nSPS) is 9.45. The molecule has 0 amide bonds. The average molecular weight is 167 g/mol. The highest BCUT2D eigenvalue weighted by Crippen LogP contribution is 2.11. The highest BCUT2D eigenvalue weighted by atomic mass is 32.2. The molecular formula is C7H9N3S. The Labute approximate surface area is 69.7 Å². The number of hydrogen-bond donors (Lipinski definition) is 1. The fourth-order valence-electron chi connectivity index (χ4n) is 0.534. The van der Waals surface area contributed by atoms with Crippen molar-refractivity contribution in [2.24, 2.45) is 0 Å². The fraction of sp³-hybridized carbons (Fsp3) is 0.143. The third-order valence-corrected chi connectivity index (χ3v) is 1.85. The molecule has 0 aliphatic heterocycles. The molecule has 4 heteroatoms. The first-order valence-electron chi connectivity index (χ1n) is 3.14. The van der Waals surface area contributed by atoms with Gasteiger partial charge in [-0.2, -0.15) is 0 Å². The summed E-state index contributed by atoms with van der Waals surface area (Å²) in [5.74, 6) is 0.823. The Morgan fingerprint density at radius 3 is 2.73 bits per heavy atom. The lowest BCUT2D eigenvalue weighted by atomic mass is 10.6. The lowest BCUT2D eigenvalue weighted by Gasteiger charge is -1.95. The Balaban J connectivity index is 2.58. The van der Waals surface area contributed by atoms with Gasteiger partial charge < -0.3 is 5.73 Å². The molecular weight excluding hydrogens is 158 g/mol. The molecule has 3 nitrogen and oxygen atoms in total. The lowest BCUT2D eigenvalue weighted by molar-refractivity contribution is 0.973. The van der Waals surface area contributed by atoms with E-state index in [-0.39, 0.29) is 0 Å². The Kier molecular flexibility index (Phi) is 2.92. The van der Waals surface area contributed by atoms with Gasteiger partial charge in [-0.15, -0.1) is 6.58 Å². The van der Waals surface area contributed by atoms with Crippen LogP contribution in [0.4, 0.5) is 5.69 Å². The van der Waals surface area contributed by atoms with Crippen LogP contribution in [-0.4, -0.2) is 15.7 Å². The average Bonchev–Trinajstić information content (AvgIpc) is 2.04. The molecule has 11 heavy (non-hydrogen) atoms. The Hall–Kier alpha value is -1.03. The van der Waals surface area contributed by atoms with Gasteiger partial charge in [0, 0.05) is 5.75 Å². The van der Waals surface area contributed by atoms with Crippen molar-refractivity contribution in [3.63, 3.8) is 0 Å². The molecule has 0 spiro atoms. The van der Waals surface area contributed by atoms with E-state index in [0.717, 1.165) is 10.9 Å². The molecule has 1 aromatic heterocycles. The quantitative estimate of drug-likeness (QED) is 0.419. The molecule has 0 saturated heterocycles. The van der Waals surface area contributed by atoms with E-state index in [2.05, 4.69) is 16.5 Å². The topological polar surface area (TPSA) is 51.8 Å². The molecule has 0 saturated carbocycles. The highest BCUT2D eigenvalue weighted by Gasteiger charge is 1.93. The Morgan fingerprint density at radius 2 is 2.18 bits per heavy atom. The summed E-state index contributed by atoms with van der Waals surface area (Å²) in [5, 5.41) is 0.735. The van der Waals surface area contributed by atoms with Crippen molar-refractivity contribution in [2.75, 3.05) is 11.5 Å². The predicted molar refractivity (Wildman–Crippen MR) is 47.4 cm³/mol. The second-order valence-electron chi connectivity index (χ2n) is 1.90. The maximum atomic E-state index is 5.40. The summed E-state index contributed by atoms with van der Waals surface area (Å²) in [4.78, 5) is 7.99. The lowest BCUT2D eigenvalue weighted by Crippen LogP contribution is -1.90. The third kappa shape index (κ3) is 2.59. The molecule has 1 rings (SSSR count). The molecule has 0 bridgehead atoms. The van der Waals surface area contributed by atoms with E-state index in [1.807, 2.05) is 6.08 Å². The van der Waals surface area contributed by atoms with Crippen molar-refractivity contribution >= 4 is 17.4 Å². The van der Waals surface area contributed by atoms with Crippen LogP contribution in [0.15, 0.2) is 30.2 Å². The van der Waals surface area contributed by atoms with E-state index in [9.17, 15) is 0 Å². The smallest absolute Gasteiger partial charge is 0.187 e. The maximum Gasteiger partial charge on any atom is 0.187 e. The van der Waals surface area contributed by atoms with Gasteiger partial charge in [-0.1, -0.05) is 17.8 Å². The van der Waals surface area contributed by atoms with Gasteiger partial charge >= 0.3 is 0 Å². The zero-order valence-corrected chi connectivity index (χ0v) is 6.84. The number of anilines is 1. The van der Waals surface area contributed by atoms with Crippen LogP contribution in [0.25, 0.3) is 0 Å². The number of hydrogen-bond acceptors (Lipinski definition) is 4. The molecule has 0 fully saturated rings. The fourth-order valence-corrected chi connectivity index (χ4v) is 1.06. The van der Waals surface area contributed by atoms with Crippen LogP contribution >= 0.6 is 11.8 Å². The molecule has 0 aromatic carbocycles. The van der Waals surface area contributed by atoms with Gasteiger partial charge in [-0.3, -0.25) is 0 Å². The number of nitrogens with two attached hydrogens (primary N) is 1. The monoisotopic (exact) mass is 167 g/mol. The van der Waals surface area contributed by atoms with Crippen LogP contribution in [0.1, 0.15) is 0 Å². The van der Waals surface area contributed by atoms with E-state index >= 15 is 0 Å². The van der Waals surface area contributed by atoms with Gasteiger partial charge in [0.25, 0.3) is 0 Å². The summed E-state index contributed by atoms with van der Waals surface area (Å²) >= 11 is 1.53. The van der Waals surface area contributed by atoms with Gasteiger partial charge in [-0.25, -0.2) is 9.97 Å². The first-order valence-corrected chi connectivity index (χ1v) is 4.12. The van der Waals surface area contributed by atoms with Crippen LogP contribution in [0.2, 0.25) is 0 Å². The summed E-state index contributed by atoms with van der Waals surface area (Å²) in [6.07, 6.45) is 5.00. The molecule has 0 atom stereocenters. The summed E-state index contributed by atoms with van der Waals surface area (Å²) in [6.45, 7) is 3.59. The minimum absolute atomic E-state index is 0.591. The SMILES string of the molecule is C=CCSc1ncc(N)cn1. The third-order valence-electron chi connectivity index (χ3n) is 0.978. The van der Waals surface area contributed by atoms with E-state index in [1.54, 1.807) is 12.4 Å². The van der Waals surface area contributed by atoms with Crippen LogP contribution in [0, 0.1) is 0 Å². The number of nitrogens with zero attached hydrogens (tertiary/aromatic N) is 2. The predicted octanol–water partition coefficient (Wildman–Crippen LogP) is 1.34. The summed E-state index contributed by atoms with van der Waals surface area (Å²) in [7, 11) is 0. The zero-order chi connectivity index (χ0) is 8.10. The van der Waals surface area contributed by atoms with Gasteiger partial charge in [0.05, 0.1) is 18.1 Å². The van der Waals surface area contributed by atoms with Gasteiger partial charge in [0.1, 0.15) is 0 Å². The van der Waals surface area contributed by atoms with E-state index < -0.39 is 0 Å². The van der Waals surface area contributed by atoms with Crippen LogP contribution in [-0.2, 0) is 0 Å². The van der Waals surface area contributed by atoms with Gasteiger partial charge in [0.15, 0.2) is 5.16 Å². The van der Waals surface area contributed by atoms with Crippen LogP contribution < -0.4 is 5.73 Å². The van der Waals surface area contributed by atoms with Crippen LogP contribution in [0.5, 0.6) is 0 Å². The number of thioether (sulfide) groups is 1. The van der Waals surface area contributed by atoms with E-state index in [0.29, 0.717) is 5.69 Å². The van der Waals surface area contributed by atoms with Crippen molar-refractivity contribution in [3.8, 4) is 0 Å². The second-order valence-corrected chi connectivity index (χ2v) is 2.89.